The van der Waals surface area contributed by atoms with Crippen molar-refractivity contribution in [2.45, 2.75) is 56.9 Å². The van der Waals surface area contributed by atoms with E-state index in [1.165, 1.54) is 37.8 Å². The topological polar surface area (TPSA) is 29.9 Å². The van der Waals surface area contributed by atoms with Gasteiger partial charge in [0.2, 0.25) is 0 Å². The Morgan fingerprint density at radius 2 is 2.00 bits per heavy atom. The van der Waals surface area contributed by atoms with Gasteiger partial charge in [-0.2, -0.15) is 0 Å². The van der Waals surface area contributed by atoms with Gasteiger partial charge in [0, 0.05) is 29.4 Å². The van der Waals surface area contributed by atoms with Crippen LogP contribution >= 0.6 is 0 Å². The molecule has 1 saturated heterocycles. The molecule has 1 aliphatic carbocycles. The summed E-state index contributed by atoms with van der Waals surface area (Å²) in [7, 11) is 0. The Kier molecular flexibility index (Phi) is 2.54. The molecule has 1 aromatic heterocycles. The van der Waals surface area contributed by atoms with Crippen LogP contribution in [0.4, 0.5) is 0 Å². The maximum Gasteiger partial charge on any atom is 0.0953 e. The maximum absolute atomic E-state index is 4.44. The SMILES string of the molecule is CC1(c2cncn2C2(C)CCCC2)CCNC1. The van der Waals surface area contributed by atoms with Gasteiger partial charge in [-0.25, -0.2) is 4.98 Å². The summed E-state index contributed by atoms with van der Waals surface area (Å²) in [6.07, 6.45) is 10.7. The van der Waals surface area contributed by atoms with E-state index in [2.05, 4.69) is 41.2 Å². The summed E-state index contributed by atoms with van der Waals surface area (Å²) < 4.78 is 2.48. The van der Waals surface area contributed by atoms with Crippen LogP contribution in [0.5, 0.6) is 0 Å². The molecule has 1 atom stereocenters. The van der Waals surface area contributed by atoms with Crippen molar-refractivity contribution < 1.29 is 0 Å². The molecular formula is C14H23N3. The summed E-state index contributed by atoms with van der Waals surface area (Å²) in [5, 5.41) is 3.49. The summed E-state index contributed by atoms with van der Waals surface area (Å²) in [6, 6.07) is 0. The minimum Gasteiger partial charge on any atom is -0.328 e. The Hall–Kier alpha value is -0.830. The van der Waals surface area contributed by atoms with Gasteiger partial charge in [-0.3, -0.25) is 0 Å². The lowest BCUT2D eigenvalue weighted by Crippen LogP contribution is -2.35. The van der Waals surface area contributed by atoms with E-state index in [4.69, 9.17) is 0 Å². The van der Waals surface area contributed by atoms with Gasteiger partial charge in [-0.1, -0.05) is 19.8 Å². The largest absolute Gasteiger partial charge is 0.328 e. The van der Waals surface area contributed by atoms with Crippen molar-refractivity contribution in [3.05, 3.63) is 18.2 Å². The minimum absolute atomic E-state index is 0.280. The third-order valence-electron chi connectivity index (χ3n) is 4.89. The quantitative estimate of drug-likeness (QED) is 0.850. The molecule has 1 saturated carbocycles. The van der Waals surface area contributed by atoms with E-state index < -0.39 is 0 Å². The zero-order valence-electron chi connectivity index (χ0n) is 11.0. The summed E-state index contributed by atoms with van der Waals surface area (Å²) in [5.41, 5.74) is 2.03. The smallest absolute Gasteiger partial charge is 0.0953 e. The van der Waals surface area contributed by atoms with Crippen molar-refractivity contribution in [1.82, 2.24) is 14.9 Å². The van der Waals surface area contributed by atoms with Crippen LogP contribution in [0.25, 0.3) is 0 Å². The highest BCUT2D eigenvalue weighted by atomic mass is 15.1. The van der Waals surface area contributed by atoms with Crippen LogP contribution in [0.2, 0.25) is 0 Å². The standard InChI is InChI=1S/C14H23N3/c1-13(7-8-15-10-13)12-9-16-11-17(12)14(2)5-3-4-6-14/h9,11,15H,3-8,10H2,1-2H3. The number of nitrogens with one attached hydrogen (secondary N) is 1. The summed E-state index contributed by atoms with van der Waals surface area (Å²) in [5.74, 6) is 0. The monoisotopic (exact) mass is 233 g/mol. The number of nitrogens with zero attached hydrogens (tertiary/aromatic N) is 2. The molecule has 1 unspecified atom stereocenters. The molecule has 2 heterocycles. The molecule has 1 aliphatic heterocycles. The zero-order chi connectivity index (χ0) is 11.9. The van der Waals surface area contributed by atoms with Crippen molar-refractivity contribution in [3.8, 4) is 0 Å². The van der Waals surface area contributed by atoms with Crippen molar-refractivity contribution in [2.24, 2.45) is 0 Å². The van der Waals surface area contributed by atoms with Crippen molar-refractivity contribution in [2.75, 3.05) is 13.1 Å². The Labute approximate surface area is 104 Å². The second kappa shape index (κ2) is 3.84. The summed E-state index contributed by atoms with van der Waals surface area (Å²) >= 11 is 0. The number of aromatic nitrogens is 2. The predicted octanol–water partition coefficient (Wildman–Crippen LogP) is 2.42. The van der Waals surface area contributed by atoms with Gasteiger partial charge in [-0.05, 0) is 32.7 Å². The van der Waals surface area contributed by atoms with Gasteiger partial charge < -0.3 is 9.88 Å². The molecule has 1 N–H and O–H groups in total. The van der Waals surface area contributed by atoms with Gasteiger partial charge in [0.1, 0.15) is 0 Å². The molecule has 1 aromatic rings. The fourth-order valence-electron chi connectivity index (χ4n) is 3.58. The molecule has 3 nitrogen and oxygen atoms in total. The Bertz CT molecular complexity index is 359. The number of imidazole rings is 1. The Morgan fingerprint density at radius 1 is 1.24 bits per heavy atom. The second-order valence-corrected chi connectivity index (χ2v) is 6.34. The molecule has 0 amide bonds. The molecule has 17 heavy (non-hydrogen) atoms. The van der Waals surface area contributed by atoms with Crippen molar-refractivity contribution >= 4 is 0 Å². The molecule has 0 aromatic carbocycles. The molecule has 94 valence electrons. The van der Waals surface area contributed by atoms with E-state index in [0.717, 1.165) is 13.1 Å². The van der Waals surface area contributed by atoms with E-state index in [0.29, 0.717) is 5.54 Å². The van der Waals surface area contributed by atoms with Crippen LogP contribution < -0.4 is 5.32 Å². The molecule has 2 aliphatic rings. The number of rotatable bonds is 2. The zero-order valence-corrected chi connectivity index (χ0v) is 11.0. The lowest BCUT2D eigenvalue weighted by atomic mass is 9.85. The van der Waals surface area contributed by atoms with Crippen LogP contribution in [-0.4, -0.2) is 22.6 Å². The molecule has 2 fully saturated rings. The predicted molar refractivity (Wildman–Crippen MR) is 69.2 cm³/mol. The fourth-order valence-corrected chi connectivity index (χ4v) is 3.58. The fraction of sp³-hybridized carbons (Fsp3) is 0.786. The van der Waals surface area contributed by atoms with Gasteiger partial charge in [0.05, 0.1) is 6.33 Å². The normalized spacial score (nSPS) is 32.1. The highest BCUT2D eigenvalue weighted by Crippen LogP contribution is 2.40. The molecule has 3 heteroatoms. The van der Waals surface area contributed by atoms with Gasteiger partial charge in [0.15, 0.2) is 0 Å². The highest BCUT2D eigenvalue weighted by Gasteiger charge is 2.38. The van der Waals surface area contributed by atoms with Crippen LogP contribution in [0.3, 0.4) is 0 Å². The first-order valence-electron chi connectivity index (χ1n) is 6.88. The molecular weight excluding hydrogens is 210 g/mol. The second-order valence-electron chi connectivity index (χ2n) is 6.34. The van der Waals surface area contributed by atoms with Crippen LogP contribution in [-0.2, 0) is 11.0 Å². The number of hydrogen-bond acceptors (Lipinski definition) is 2. The minimum atomic E-state index is 0.280. The first kappa shape index (κ1) is 11.3. The first-order chi connectivity index (χ1) is 8.14. The Balaban J connectivity index is 1.99. The third-order valence-corrected chi connectivity index (χ3v) is 4.89. The van der Waals surface area contributed by atoms with E-state index in [1.54, 1.807) is 0 Å². The molecule has 0 bridgehead atoms. The molecule has 0 radical (unpaired) electrons. The van der Waals surface area contributed by atoms with Gasteiger partial charge in [0.25, 0.3) is 0 Å². The van der Waals surface area contributed by atoms with Crippen LogP contribution in [0.1, 0.15) is 51.6 Å². The first-order valence-corrected chi connectivity index (χ1v) is 6.88. The van der Waals surface area contributed by atoms with Crippen LogP contribution in [0.15, 0.2) is 12.5 Å². The lowest BCUT2D eigenvalue weighted by Gasteiger charge is -2.33. The molecule has 0 spiro atoms. The van der Waals surface area contributed by atoms with Gasteiger partial charge in [-0.15, -0.1) is 0 Å². The van der Waals surface area contributed by atoms with Crippen molar-refractivity contribution in [1.29, 1.82) is 0 Å². The summed E-state index contributed by atoms with van der Waals surface area (Å²) in [4.78, 5) is 4.44. The summed E-state index contributed by atoms with van der Waals surface area (Å²) in [6.45, 7) is 7.00. The van der Waals surface area contributed by atoms with Crippen molar-refractivity contribution in [3.63, 3.8) is 0 Å². The van der Waals surface area contributed by atoms with E-state index in [-0.39, 0.29) is 5.41 Å². The molecule has 3 rings (SSSR count). The third kappa shape index (κ3) is 1.71. The van der Waals surface area contributed by atoms with E-state index >= 15 is 0 Å². The average Bonchev–Trinajstić information content (AvgIpc) is 2.96. The Morgan fingerprint density at radius 3 is 2.65 bits per heavy atom. The van der Waals surface area contributed by atoms with E-state index in [1.807, 2.05) is 0 Å². The number of hydrogen-bond donors (Lipinski definition) is 1. The van der Waals surface area contributed by atoms with E-state index in [9.17, 15) is 0 Å². The van der Waals surface area contributed by atoms with Gasteiger partial charge >= 0.3 is 0 Å². The van der Waals surface area contributed by atoms with Crippen LogP contribution in [0, 0.1) is 0 Å². The average molecular weight is 233 g/mol. The maximum atomic E-state index is 4.44. The highest BCUT2D eigenvalue weighted by molar-refractivity contribution is 5.19. The lowest BCUT2D eigenvalue weighted by molar-refractivity contribution is 0.299.